The topological polar surface area (TPSA) is 166 Å². The zero-order chi connectivity index (χ0) is 25.4. The highest BCUT2D eigenvalue weighted by atomic mass is 16.4. The monoisotopic (exact) mass is 473 g/mol. The Morgan fingerprint density at radius 2 is 1.71 bits per heavy atom. The van der Waals surface area contributed by atoms with Crippen LogP contribution < -0.4 is 21.7 Å². The number of aliphatic carboxylic acids is 1. The molecular weight excluding hydrogens is 438 g/mol. The number of aromatic amines is 1. The van der Waals surface area contributed by atoms with Gasteiger partial charge in [0.1, 0.15) is 12.1 Å². The third-order valence-corrected chi connectivity index (χ3v) is 5.92. The third-order valence-electron chi connectivity index (χ3n) is 5.92. The summed E-state index contributed by atoms with van der Waals surface area (Å²) in [5, 5.41) is 17.9. The van der Waals surface area contributed by atoms with Gasteiger partial charge in [-0.25, -0.2) is 4.79 Å². The molecule has 10 nitrogen and oxygen atoms in total. The van der Waals surface area contributed by atoms with Crippen LogP contribution in [0.25, 0.3) is 10.9 Å². The average molecular weight is 474 g/mol. The highest BCUT2D eigenvalue weighted by molar-refractivity contribution is 5.93. The van der Waals surface area contributed by atoms with Crippen LogP contribution in [0.3, 0.4) is 0 Å². The average Bonchev–Trinajstić information content (AvgIpc) is 3.21. The van der Waals surface area contributed by atoms with Crippen LogP contribution in [0, 0.1) is 11.8 Å². The van der Waals surface area contributed by atoms with E-state index in [9.17, 15) is 24.3 Å². The molecule has 0 aliphatic rings. The number of carbonyl (C=O) groups is 4. The summed E-state index contributed by atoms with van der Waals surface area (Å²) in [5.74, 6) is -3.31. The van der Waals surface area contributed by atoms with Crippen molar-refractivity contribution in [3.8, 4) is 0 Å². The minimum atomic E-state index is -1.13. The van der Waals surface area contributed by atoms with E-state index in [0.717, 1.165) is 16.5 Å². The number of aromatic nitrogens is 1. The van der Waals surface area contributed by atoms with E-state index in [-0.39, 0.29) is 18.3 Å². The Bertz CT molecular complexity index is 1020. The molecule has 4 atom stereocenters. The maximum absolute atomic E-state index is 12.7. The Morgan fingerprint density at radius 1 is 1.03 bits per heavy atom. The van der Waals surface area contributed by atoms with E-state index in [2.05, 4.69) is 20.9 Å². The van der Waals surface area contributed by atoms with Gasteiger partial charge in [0.05, 0.1) is 12.6 Å². The van der Waals surface area contributed by atoms with Gasteiger partial charge in [0.2, 0.25) is 17.7 Å². The fourth-order valence-electron chi connectivity index (χ4n) is 3.61. The van der Waals surface area contributed by atoms with Crippen molar-refractivity contribution in [2.45, 2.75) is 58.7 Å². The largest absolute Gasteiger partial charge is 0.480 e. The number of fused-ring (bicyclic) bond motifs is 1. The van der Waals surface area contributed by atoms with E-state index in [1.165, 1.54) is 0 Å². The molecule has 186 valence electrons. The summed E-state index contributed by atoms with van der Waals surface area (Å²) in [6.45, 7) is 6.67. The summed E-state index contributed by atoms with van der Waals surface area (Å²) in [7, 11) is 0. The van der Waals surface area contributed by atoms with Gasteiger partial charge in [0, 0.05) is 17.1 Å². The van der Waals surface area contributed by atoms with E-state index >= 15 is 0 Å². The van der Waals surface area contributed by atoms with Crippen LogP contribution in [0.4, 0.5) is 0 Å². The lowest BCUT2D eigenvalue weighted by Crippen LogP contribution is -2.55. The van der Waals surface area contributed by atoms with E-state index in [1.807, 2.05) is 37.4 Å². The molecule has 1 aromatic carbocycles. The Hall–Kier alpha value is -3.40. The Kier molecular flexibility index (Phi) is 9.61. The molecule has 0 aliphatic heterocycles. The number of H-pyrrole nitrogens is 1. The van der Waals surface area contributed by atoms with Gasteiger partial charge < -0.3 is 31.8 Å². The second-order valence-electron chi connectivity index (χ2n) is 8.89. The molecule has 0 saturated carbocycles. The number of benzene rings is 1. The second-order valence-corrected chi connectivity index (χ2v) is 8.89. The van der Waals surface area contributed by atoms with Crippen LogP contribution in [0.1, 0.15) is 39.7 Å². The number of rotatable bonds is 12. The lowest BCUT2D eigenvalue weighted by molar-refractivity contribution is -0.143. The zero-order valence-electron chi connectivity index (χ0n) is 20.1. The van der Waals surface area contributed by atoms with E-state index in [0.29, 0.717) is 6.42 Å². The predicted octanol–water partition coefficient (Wildman–Crippen LogP) is 0.910. The molecule has 10 heteroatoms. The number of carbonyl (C=O) groups excluding carboxylic acids is 3. The Labute approximate surface area is 199 Å². The molecule has 2 rings (SSSR count). The van der Waals surface area contributed by atoms with Crippen LogP contribution >= 0.6 is 0 Å². The highest BCUT2D eigenvalue weighted by Crippen LogP contribution is 2.19. The van der Waals surface area contributed by atoms with Gasteiger partial charge in [-0.05, 0) is 29.9 Å². The molecule has 7 N–H and O–H groups in total. The van der Waals surface area contributed by atoms with Gasteiger partial charge in [-0.2, -0.15) is 0 Å². The SMILES string of the molecule is CCC(C)C(NC(=O)CNC(=O)C(NC(=O)C(N)Cc1c[nH]c2ccccc12)C(C)C)C(=O)O. The van der Waals surface area contributed by atoms with Gasteiger partial charge in [0.15, 0.2) is 0 Å². The number of carboxylic acids is 1. The molecule has 0 spiro atoms. The van der Waals surface area contributed by atoms with Crippen LogP contribution in [-0.4, -0.2) is 58.5 Å². The maximum atomic E-state index is 12.7. The first-order valence-electron chi connectivity index (χ1n) is 11.5. The maximum Gasteiger partial charge on any atom is 0.326 e. The summed E-state index contributed by atoms with van der Waals surface area (Å²) >= 11 is 0. The number of carboxylic acid groups (broad SMARTS) is 1. The minimum Gasteiger partial charge on any atom is -0.480 e. The highest BCUT2D eigenvalue weighted by Gasteiger charge is 2.29. The number of para-hydroxylation sites is 1. The molecule has 0 radical (unpaired) electrons. The van der Waals surface area contributed by atoms with Gasteiger partial charge in [0.25, 0.3) is 0 Å². The normalized spacial score (nSPS) is 14.8. The van der Waals surface area contributed by atoms with Crippen LogP contribution in [0.5, 0.6) is 0 Å². The molecule has 34 heavy (non-hydrogen) atoms. The van der Waals surface area contributed by atoms with E-state index in [4.69, 9.17) is 5.73 Å². The molecule has 2 aromatic rings. The van der Waals surface area contributed by atoms with Crippen LogP contribution in [-0.2, 0) is 25.6 Å². The van der Waals surface area contributed by atoms with Gasteiger partial charge in [-0.1, -0.05) is 52.3 Å². The van der Waals surface area contributed by atoms with Crippen LogP contribution in [0.2, 0.25) is 0 Å². The van der Waals surface area contributed by atoms with Crippen molar-refractivity contribution in [2.24, 2.45) is 17.6 Å². The summed E-state index contributed by atoms with van der Waals surface area (Å²) in [4.78, 5) is 52.1. The summed E-state index contributed by atoms with van der Waals surface area (Å²) in [5.41, 5.74) is 7.96. The molecule has 0 fully saturated rings. The van der Waals surface area contributed by atoms with Crippen molar-refractivity contribution in [3.63, 3.8) is 0 Å². The third kappa shape index (κ3) is 7.05. The molecule has 1 heterocycles. The number of amides is 3. The lowest BCUT2D eigenvalue weighted by Gasteiger charge is -2.24. The van der Waals surface area contributed by atoms with Crippen molar-refractivity contribution in [1.82, 2.24) is 20.9 Å². The van der Waals surface area contributed by atoms with Gasteiger partial charge in [-0.15, -0.1) is 0 Å². The molecule has 0 bridgehead atoms. The van der Waals surface area contributed by atoms with E-state index < -0.39 is 48.4 Å². The number of hydrogen-bond acceptors (Lipinski definition) is 5. The molecule has 0 saturated heterocycles. The first-order chi connectivity index (χ1) is 16.0. The summed E-state index contributed by atoms with van der Waals surface area (Å²) in [6.07, 6.45) is 2.67. The molecule has 4 unspecified atom stereocenters. The fourth-order valence-corrected chi connectivity index (χ4v) is 3.61. The van der Waals surface area contributed by atoms with Crippen LogP contribution in [0.15, 0.2) is 30.5 Å². The Balaban J connectivity index is 1.94. The molecular formula is C24H35N5O5. The smallest absolute Gasteiger partial charge is 0.326 e. The first-order valence-corrected chi connectivity index (χ1v) is 11.5. The zero-order valence-corrected chi connectivity index (χ0v) is 20.1. The predicted molar refractivity (Wildman–Crippen MR) is 129 cm³/mol. The number of nitrogens with one attached hydrogen (secondary N) is 4. The quantitative estimate of drug-likeness (QED) is 0.268. The van der Waals surface area contributed by atoms with Gasteiger partial charge >= 0.3 is 5.97 Å². The fraction of sp³-hybridized carbons (Fsp3) is 0.500. The second kappa shape index (κ2) is 12.2. The van der Waals surface area contributed by atoms with Gasteiger partial charge in [-0.3, -0.25) is 14.4 Å². The molecule has 1 aromatic heterocycles. The number of hydrogen-bond donors (Lipinski definition) is 6. The first kappa shape index (κ1) is 26.8. The summed E-state index contributed by atoms with van der Waals surface area (Å²) in [6, 6.07) is 4.87. The Morgan fingerprint density at radius 3 is 2.32 bits per heavy atom. The minimum absolute atomic E-state index is 0.265. The van der Waals surface area contributed by atoms with Crippen molar-refractivity contribution in [3.05, 3.63) is 36.0 Å². The standard InChI is InChI=1S/C24H35N5O5/c1-5-14(4)21(24(33)34)28-19(30)12-27-23(32)20(13(2)3)29-22(31)17(25)10-15-11-26-18-9-7-6-8-16(15)18/h6-9,11,13-14,17,20-21,26H,5,10,12,25H2,1-4H3,(H,27,32)(H,28,30)(H,29,31)(H,33,34). The molecule has 0 aliphatic carbocycles. The van der Waals surface area contributed by atoms with Crippen molar-refractivity contribution in [2.75, 3.05) is 6.54 Å². The molecule has 3 amide bonds. The van der Waals surface area contributed by atoms with Crippen molar-refractivity contribution < 1.29 is 24.3 Å². The van der Waals surface area contributed by atoms with Crippen molar-refractivity contribution in [1.29, 1.82) is 0 Å². The van der Waals surface area contributed by atoms with E-state index in [1.54, 1.807) is 20.8 Å². The lowest BCUT2D eigenvalue weighted by atomic mass is 9.99. The van der Waals surface area contributed by atoms with Crippen molar-refractivity contribution >= 4 is 34.6 Å². The number of nitrogens with two attached hydrogens (primary N) is 1. The summed E-state index contributed by atoms with van der Waals surface area (Å²) < 4.78 is 0.